The van der Waals surface area contributed by atoms with Crippen molar-refractivity contribution in [2.45, 2.75) is 96.7 Å². The Labute approximate surface area is 247 Å². The molecule has 0 unspecified atom stereocenters. The van der Waals surface area contributed by atoms with Crippen molar-refractivity contribution in [3.63, 3.8) is 0 Å². The Morgan fingerprint density at radius 2 is 1.52 bits per heavy atom. The third-order valence-corrected chi connectivity index (χ3v) is 10.0. The van der Waals surface area contributed by atoms with Crippen molar-refractivity contribution in [1.29, 1.82) is 0 Å². The molecule has 4 rings (SSSR count). The van der Waals surface area contributed by atoms with Gasteiger partial charge in [0, 0.05) is 17.8 Å². The number of hydrogen-bond donors (Lipinski definition) is 3. The van der Waals surface area contributed by atoms with Crippen LogP contribution in [0.15, 0.2) is 42.5 Å². The summed E-state index contributed by atoms with van der Waals surface area (Å²) in [6.45, 7) is 15.7. The predicted octanol–water partition coefficient (Wildman–Crippen LogP) is 3.43. The van der Waals surface area contributed by atoms with Crippen LogP contribution in [0, 0.1) is 35.0 Å². The first-order valence-electron chi connectivity index (χ1n) is 14.7. The van der Waals surface area contributed by atoms with E-state index in [0.717, 1.165) is 0 Å². The van der Waals surface area contributed by atoms with Gasteiger partial charge in [-0.3, -0.25) is 14.4 Å². The Hall–Kier alpha value is -2.88. The van der Waals surface area contributed by atoms with Crippen LogP contribution in [-0.2, 0) is 23.9 Å². The van der Waals surface area contributed by atoms with Crippen LogP contribution in [-0.4, -0.2) is 67.8 Å². The molecule has 1 aromatic carbocycles. The van der Waals surface area contributed by atoms with Gasteiger partial charge < -0.3 is 24.8 Å². The SMILES string of the molecule is C=C1C[C@]2(O)C(=O)C(C)(C)C[C@H]2[C@@](C)(O)C(=O)[C@@]2(O)C[C@H](C)[C@H](OC(=O)c3ccccc3)[C@@H]2[C@H]1OC(=O)[C@H](C)C(C)C. The first-order chi connectivity index (χ1) is 19.3. The molecule has 42 heavy (non-hydrogen) atoms. The number of carbonyl (C=O) groups excluding carboxylic acids is 4. The molecule has 0 amide bonds. The van der Waals surface area contributed by atoms with E-state index in [2.05, 4.69) is 6.58 Å². The fourth-order valence-electron chi connectivity index (χ4n) is 7.33. The van der Waals surface area contributed by atoms with Gasteiger partial charge in [-0.15, -0.1) is 0 Å². The Bertz CT molecular complexity index is 1280. The summed E-state index contributed by atoms with van der Waals surface area (Å²) in [6, 6.07) is 8.22. The maximum atomic E-state index is 14.4. The first-order valence-corrected chi connectivity index (χ1v) is 14.7. The maximum Gasteiger partial charge on any atom is 0.338 e. The lowest BCUT2D eigenvalue weighted by Gasteiger charge is -2.41. The number of esters is 2. The second kappa shape index (κ2) is 10.7. The van der Waals surface area contributed by atoms with Crippen LogP contribution >= 0.6 is 0 Å². The Balaban J connectivity index is 1.89. The van der Waals surface area contributed by atoms with Gasteiger partial charge in [-0.2, -0.15) is 0 Å². The summed E-state index contributed by atoms with van der Waals surface area (Å²) in [5.74, 6) is -6.84. The summed E-state index contributed by atoms with van der Waals surface area (Å²) in [4.78, 5) is 54.6. The summed E-state index contributed by atoms with van der Waals surface area (Å²) in [6.07, 6.45) is -3.21. The molecule has 0 heterocycles. The average molecular weight is 585 g/mol. The largest absolute Gasteiger partial charge is 0.458 e. The summed E-state index contributed by atoms with van der Waals surface area (Å²) in [7, 11) is 0. The Morgan fingerprint density at radius 1 is 0.929 bits per heavy atom. The van der Waals surface area contributed by atoms with Gasteiger partial charge in [0.05, 0.1) is 17.4 Å². The zero-order valence-electron chi connectivity index (χ0n) is 25.5. The summed E-state index contributed by atoms with van der Waals surface area (Å²) < 4.78 is 12.0. The second-order valence-corrected chi connectivity index (χ2v) is 14.0. The Kier molecular flexibility index (Phi) is 8.15. The number of ether oxygens (including phenoxy) is 2. The zero-order chi connectivity index (χ0) is 31.6. The molecule has 3 N–H and O–H groups in total. The van der Waals surface area contributed by atoms with E-state index in [4.69, 9.17) is 9.47 Å². The van der Waals surface area contributed by atoms with Crippen LogP contribution in [0.2, 0.25) is 0 Å². The van der Waals surface area contributed by atoms with Gasteiger partial charge >= 0.3 is 11.9 Å². The molecule has 3 fully saturated rings. The number of rotatable bonds is 5. The minimum Gasteiger partial charge on any atom is -0.458 e. The van der Waals surface area contributed by atoms with E-state index in [9.17, 15) is 34.5 Å². The number of ketones is 2. The van der Waals surface area contributed by atoms with Gasteiger partial charge in [0.2, 0.25) is 0 Å². The molecule has 3 aliphatic carbocycles. The molecule has 0 radical (unpaired) electrons. The number of aliphatic hydroxyl groups is 3. The van der Waals surface area contributed by atoms with E-state index >= 15 is 0 Å². The maximum absolute atomic E-state index is 14.4. The standard InChI is InChI=1S/C33H44O9/c1-17(2)20(5)26(34)41-24-18(3)14-32(39)22(16-30(6,7)28(32)36)31(8,38)29(37)33(40)15-19(4)25(23(24)33)42-27(35)21-12-10-9-11-13-21/h9-13,17,19-20,22-25,38-40H,3,14-16H2,1-2,4-8H3/t19-,20+,22-,23-,24-,25-,31+,32+,33+/m0/s1. The number of hydrogen-bond acceptors (Lipinski definition) is 9. The molecule has 0 bridgehead atoms. The minimum absolute atomic E-state index is 0.0219. The van der Waals surface area contributed by atoms with Crippen molar-refractivity contribution >= 4 is 23.5 Å². The van der Waals surface area contributed by atoms with Gasteiger partial charge in [-0.05, 0) is 49.3 Å². The van der Waals surface area contributed by atoms with Crippen molar-refractivity contribution < 1.29 is 44.0 Å². The molecule has 230 valence electrons. The van der Waals surface area contributed by atoms with Crippen molar-refractivity contribution in [2.24, 2.45) is 35.0 Å². The highest BCUT2D eigenvalue weighted by Crippen LogP contribution is 2.57. The first kappa shape index (κ1) is 32.0. The Morgan fingerprint density at radius 3 is 2.10 bits per heavy atom. The lowest BCUT2D eigenvalue weighted by atomic mass is 9.69. The van der Waals surface area contributed by atoms with E-state index in [-0.39, 0.29) is 29.9 Å². The van der Waals surface area contributed by atoms with E-state index in [1.54, 1.807) is 58.0 Å². The molecule has 0 aromatic heterocycles. The number of carbonyl (C=O) groups is 4. The molecule has 9 nitrogen and oxygen atoms in total. The fraction of sp³-hybridized carbons (Fsp3) is 0.636. The molecule has 0 spiro atoms. The fourth-order valence-corrected chi connectivity index (χ4v) is 7.33. The normalized spacial score (nSPS) is 38.6. The smallest absolute Gasteiger partial charge is 0.338 e. The topological polar surface area (TPSA) is 147 Å². The third kappa shape index (κ3) is 5.03. The molecule has 3 saturated carbocycles. The lowest BCUT2D eigenvalue weighted by Crippen LogP contribution is -2.62. The van der Waals surface area contributed by atoms with Crippen LogP contribution in [0.3, 0.4) is 0 Å². The lowest BCUT2D eigenvalue weighted by molar-refractivity contribution is -0.182. The van der Waals surface area contributed by atoms with E-state index in [1.165, 1.54) is 6.92 Å². The van der Waals surface area contributed by atoms with Crippen LogP contribution < -0.4 is 0 Å². The monoisotopic (exact) mass is 584 g/mol. The highest BCUT2D eigenvalue weighted by Gasteiger charge is 2.71. The van der Waals surface area contributed by atoms with Gasteiger partial charge in [0.1, 0.15) is 29.0 Å². The van der Waals surface area contributed by atoms with E-state index < -0.39 is 88.0 Å². The number of fused-ring (bicyclic) bond motifs is 2. The van der Waals surface area contributed by atoms with Crippen molar-refractivity contribution in [1.82, 2.24) is 0 Å². The van der Waals surface area contributed by atoms with Gasteiger partial charge in [0.15, 0.2) is 11.6 Å². The predicted molar refractivity (Wildman–Crippen MR) is 153 cm³/mol. The molecule has 3 aliphatic rings. The van der Waals surface area contributed by atoms with Gasteiger partial charge in [-0.25, -0.2) is 4.79 Å². The molecular formula is C33H44O9. The minimum atomic E-state index is -2.35. The van der Waals surface area contributed by atoms with Gasteiger partial charge in [0.25, 0.3) is 0 Å². The van der Waals surface area contributed by atoms with E-state index in [0.29, 0.717) is 0 Å². The van der Waals surface area contributed by atoms with Crippen molar-refractivity contribution in [2.75, 3.05) is 0 Å². The van der Waals surface area contributed by atoms with Crippen molar-refractivity contribution in [3.05, 3.63) is 48.0 Å². The highest BCUT2D eigenvalue weighted by atomic mass is 16.6. The molecule has 9 atom stereocenters. The zero-order valence-corrected chi connectivity index (χ0v) is 25.5. The van der Waals surface area contributed by atoms with E-state index in [1.807, 2.05) is 13.8 Å². The summed E-state index contributed by atoms with van der Waals surface area (Å²) >= 11 is 0. The van der Waals surface area contributed by atoms with Crippen LogP contribution in [0.5, 0.6) is 0 Å². The van der Waals surface area contributed by atoms with Crippen LogP contribution in [0.1, 0.15) is 78.1 Å². The highest BCUT2D eigenvalue weighted by molar-refractivity contribution is 6.00. The molecule has 0 aliphatic heterocycles. The quantitative estimate of drug-likeness (QED) is 0.350. The third-order valence-electron chi connectivity index (χ3n) is 10.0. The van der Waals surface area contributed by atoms with Gasteiger partial charge in [-0.1, -0.05) is 66.3 Å². The molecule has 1 aromatic rings. The second-order valence-electron chi connectivity index (χ2n) is 14.0. The average Bonchev–Trinajstić information content (AvgIpc) is 3.27. The number of Topliss-reactive ketones (excluding diaryl/α,β-unsaturated/α-hetero) is 2. The number of benzene rings is 1. The molecule has 0 saturated heterocycles. The summed E-state index contributed by atoms with van der Waals surface area (Å²) in [5.41, 5.74) is -7.67. The molecular weight excluding hydrogens is 540 g/mol. The van der Waals surface area contributed by atoms with Crippen LogP contribution in [0.4, 0.5) is 0 Å². The summed E-state index contributed by atoms with van der Waals surface area (Å²) in [5, 5.41) is 36.1. The van der Waals surface area contributed by atoms with Crippen LogP contribution in [0.25, 0.3) is 0 Å². The molecule has 9 heteroatoms. The van der Waals surface area contributed by atoms with Crippen molar-refractivity contribution in [3.8, 4) is 0 Å².